The van der Waals surface area contributed by atoms with Gasteiger partial charge in [0.25, 0.3) is 6.04 Å². The van der Waals surface area contributed by atoms with Gasteiger partial charge in [-0.05, 0) is 38.1 Å². The SMILES string of the molecule is COc1ccc(C2=NOC(C)(C)C2[N+](=O)[O-])cc1. The number of nitrogens with zero attached hydrogens (tertiary/aromatic N) is 2. The summed E-state index contributed by atoms with van der Waals surface area (Å²) in [6, 6.07) is 5.98. The number of rotatable bonds is 3. The van der Waals surface area contributed by atoms with Crippen LogP contribution in [0.2, 0.25) is 0 Å². The van der Waals surface area contributed by atoms with Gasteiger partial charge in [-0.2, -0.15) is 0 Å². The second-order valence-electron chi connectivity index (χ2n) is 4.59. The smallest absolute Gasteiger partial charge is 0.299 e. The number of hydrogen-bond donors (Lipinski definition) is 0. The van der Waals surface area contributed by atoms with Gasteiger partial charge in [-0.1, -0.05) is 5.16 Å². The summed E-state index contributed by atoms with van der Waals surface area (Å²) in [6.07, 6.45) is 0. The van der Waals surface area contributed by atoms with Crippen LogP contribution in [0.15, 0.2) is 29.4 Å². The summed E-state index contributed by atoms with van der Waals surface area (Å²) in [5, 5.41) is 15.0. The van der Waals surface area contributed by atoms with Crippen molar-refractivity contribution >= 4 is 5.71 Å². The van der Waals surface area contributed by atoms with E-state index in [4.69, 9.17) is 9.57 Å². The van der Waals surface area contributed by atoms with Crippen LogP contribution in [0.3, 0.4) is 0 Å². The maximum Gasteiger partial charge on any atom is 0.299 e. The molecule has 1 aliphatic heterocycles. The lowest BCUT2D eigenvalue weighted by atomic mass is 9.92. The molecule has 0 aromatic heterocycles. The molecular formula is C12H14N2O4. The number of hydrogen-bond acceptors (Lipinski definition) is 5. The lowest BCUT2D eigenvalue weighted by Crippen LogP contribution is -2.44. The monoisotopic (exact) mass is 250 g/mol. The molecule has 0 saturated heterocycles. The van der Waals surface area contributed by atoms with Gasteiger partial charge in [0.05, 0.1) is 7.11 Å². The van der Waals surface area contributed by atoms with Crippen molar-refractivity contribution in [2.24, 2.45) is 5.16 Å². The summed E-state index contributed by atoms with van der Waals surface area (Å²) in [7, 11) is 1.56. The number of oxime groups is 1. The van der Waals surface area contributed by atoms with Crippen molar-refractivity contribution in [3.8, 4) is 5.75 Å². The molecule has 0 aliphatic carbocycles. The van der Waals surface area contributed by atoms with Crippen LogP contribution in [0.5, 0.6) is 5.75 Å². The first-order valence-electron chi connectivity index (χ1n) is 5.49. The summed E-state index contributed by atoms with van der Waals surface area (Å²) < 4.78 is 5.04. The average Bonchev–Trinajstić information content (AvgIpc) is 2.65. The molecular weight excluding hydrogens is 236 g/mol. The van der Waals surface area contributed by atoms with Gasteiger partial charge < -0.3 is 9.57 Å². The molecule has 0 N–H and O–H groups in total. The Bertz CT molecular complexity index is 493. The fourth-order valence-electron chi connectivity index (χ4n) is 1.92. The van der Waals surface area contributed by atoms with Gasteiger partial charge in [-0.3, -0.25) is 10.1 Å². The number of methoxy groups -OCH3 is 1. The van der Waals surface area contributed by atoms with E-state index in [1.165, 1.54) is 0 Å². The minimum Gasteiger partial charge on any atom is -0.497 e. The van der Waals surface area contributed by atoms with Crippen LogP contribution in [0, 0.1) is 10.1 Å². The Balaban J connectivity index is 2.35. The zero-order chi connectivity index (χ0) is 13.3. The van der Waals surface area contributed by atoms with E-state index < -0.39 is 11.6 Å². The quantitative estimate of drug-likeness (QED) is 0.606. The van der Waals surface area contributed by atoms with E-state index in [2.05, 4.69) is 5.16 Å². The predicted molar refractivity (Wildman–Crippen MR) is 65.5 cm³/mol. The molecule has 0 radical (unpaired) electrons. The molecule has 1 unspecified atom stereocenters. The van der Waals surface area contributed by atoms with Crippen LogP contribution < -0.4 is 4.74 Å². The molecule has 6 nitrogen and oxygen atoms in total. The molecule has 0 saturated carbocycles. The summed E-state index contributed by atoms with van der Waals surface area (Å²) in [4.78, 5) is 15.9. The Morgan fingerprint density at radius 2 is 2.00 bits per heavy atom. The van der Waals surface area contributed by atoms with E-state index in [9.17, 15) is 10.1 Å². The van der Waals surface area contributed by atoms with E-state index in [1.54, 1.807) is 45.2 Å². The molecule has 18 heavy (non-hydrogen) atoms. The normalized spacial score (nSPS) is 21.1. The topological polar surface area (TPSA) is 74.0 Å². The highest BCUT2D eigenvalue weighted by molar-refractivity contribution is 6.05. The molecule has 1 heterocycles. The van der Waals surface area contributed by atoms with E-state index in [1.807, 2.05) is 0 Å². The van der Waals surface area contributed by atoms with E-state index >= 15 is 0 Å². The van der Waals surface area contributed by atoms with Gasteiger partial charge >= 0.3 is 0 Å². The van der Waals surface area contributed by atoms with Crippen molar-refractivity contribution in [2.75, 3.05) is 7.11 Å². The van der Waals surface area contributed by atoms with E-state index in [0.717, 1.165) is 0 Å². The van der Waals surface area contributed by atoms with Crippen LogP contribution in [-0.2, 0) is 4.84 Å². The van der Waals surface area contributed by atoms with Gasteiger partial charge in [0.15, 0.2) is 5.71 Å². The average molecular weight is 250 g/mol. The molecule has 6 heteroatoms. The maximum absolute atomic E-state index is 11.1. The standard InChI is InChI=1S/C12H14N2O4/c1-12(2)11(14(15)16)10(13-18-12)8-4-6-9(17-3)7-5-8/h4-7,11H,1-3H3. The summed E-state index contributed by atoms with van der Waals surface area (Å²) >= 11 is 0. The largest absolute Gasteiger partial charge is 0.497 e. The van der Waals surface area contributed by atoms with E-state index in [-0.39, 0.29) is 4.92 Å². The molecule has 96 valence electrons. The van der Waals surface area contributed by atoms with Crippen molar-refractivity contribution in [1.82, 2.24) is 0 Å². The van der Waals surface area contributed by atoms with Crippen molar-refractivity contribution < 1.29 is 14.5 Å². The number of benzene rings is 1. The molecule has 2 rings (SSSR count). The highest BCUT2D eigenvalue weighted by atomic mass is 16.7. The molecule has 0 spiro atoms. The van der Waals surface area contributed by atoms with Crippen molar-refractivity contribution in [3.05, 3.63) is 39.9 Å². The van der Waals surface area contributed by atoms with Crippen LogP contribution in [0.25, 0.3) is 0 Å². The van der Waals surface area contributed by atoms with Gasteiger partial charge in [0, 0.05) is 10.5 Å². The Kier molecular flexibility index (Phi) is 2.94. The lowest BCUT2D eigenvalue weighted by molar-refractivity contribution is -0.519. The zero-order valence-electron chi connectivity index (χ0n) is 10.4. The highest BCUT2D eigenvalue weighted by Crippen LogP contribution is 2.29. The lowest BCUT2D eigenvalue weighted by Gasteiger charge is -2.17. The zero-order valence-corrected chi connectivity index (χ0v) is 10.4. The molecule has 1 aromatic carbocycles. The second kappa shape index (κ2) is 4.29. The fourth-order valence-corrected chi connectivity index (χ4v) is 1.92. The fraction of sp³-hybridized carbons (Fsp3) is 0.417. The third kappa shape index (κ3) is 2.01. The number of ether oxygens (including phenoxy) is 1. The van der Waals surface area contributed by atoms with Gasteiger partial charge in [0.2, 0.25) is 5.60 Å². The third-order valence-electron chi connectivity index (χ3n) is 2.89. The number of nitro groups is 1. The minimum absolute atomic E-state index is 0.340. The van der Waals surface area contributed by atoms with Crippen molar-refractivity contribution in [3.63, 3.8) is 0 Å². The Hall–Kier alpha value is -2.11. The maximum atomic E-state index is 11.1. The predicted octanol–water partition coefficient (Wildman–Crippen LogP) is 1.85. The van der Waals surface area contributed by atoms with Crippen LogP contribution in [0.1, 0.15) is 19.4 Å². The first kappa shape index (κ1) is 12.3. The van der Waals surface area contributed by atoms with Crippen LogP contribution in [-0.4, -0.2) is 29.4 Å². The van der Waals surface area contributed by atoms with Crippen LogP contribution >= 0.6 is 0 Å². The molecule has 0 fully saturated rings. The molecule has 1 aliphatic rings. The van der Waals surface area contributed by atoms with Gasteiger partial charge in [0.1, 0.15) is 5.75 Å². The summed E-state index contributed by atoms with van der Waals surface area (Å²) in [6.45, 7) is 3.31. The molecule has 0 amide bonds. The first-order valence-corrected chi connectivity index (χ1v) is 5.49. The minimum atomic E-state index is -0.967. The Morgan fingerprint density at radius 3 is 2.50 bits per heavy atom. The van der Waals surface area contributed by atoms with Crippen LogP contribution in [0.4, 0.5) is 0 Å². The van der Waals surface area contributed by atoms with Crippen molar-refractivity contribution in [1.29, 1.82) is 0 Å². The van der Waals surface area contributed by atoms with Gasteiger partial charge in [-0.25, -0.2) is 0 Å². The third-order valence-corrected chi connectivity index (χ3v) is 2.89. The Labute approximate surface area is 104 Å². The molecule has 1 atom stereocenters. The second-order valence-corrected chi connectivity index (χ2v) is 4.59. The van der Waals surface area contributed by atoms with Gasteiger partial charge in [-0.15, -0.1) is 0 Å². The molecule has 0 bridgehead atoms. The summed E-state index contributed by atoms with van der Waals surface area (Å²) in [5.74, 6) is 0.690. The van der Waals surface area contributed by atoms with E-state index in [0.29, 0.717) is 17.0 Å². The molecule has 1 aromatic rings. The summed E-state index contributed by atoms with van der Waals surface area (Å²) in [5.41, 5.74) is 0.0781. The van der Waals surface area contributed by atoms with Crippen molar-refractivity contribution in [2.45, 2.75) is 25.5 Å². The Morgan fingerprint density at radius 1 is 1.39 bits per heavy atom. The first-order chi connectivity index (χ1) is 8.45. The highest BCUT2D eigenvalue weighted by Gasteiger charge is 2.51.